The minimum atomic E-state index is -4.96. The second kappa shape index (κ2) is 75.5. The maximum Gasteiger partial charge on any atom is 0.472 e. The maximum absolute atomic E-state index is 13.1. The van der Waals surface area contributed by atoms with Gasteiger partial charge in [-0.2, -0.15) is 0 Å². The maximum atomic E-state index is 13.1. The van der Waals surface area contributed by atoms with Crippen LogP contribution in [0, 0.1) is 11.8 Å². The van der Waals surface area contributed by atoms with Crippen LogP contribution in [0.5, 0.6) is 0 Å². The average Bonchev–Trinajstić information content (AvgIpc) is 0.910. The molecule has 0 aliphatic rings. The van der Waals surface area contributed by atoms with Crippen molar-refractivity contribution in [1.29, 1.82) is 0 Å². The quantitative estimate of drug-likeness (QED) is 0.0222. The normalized spacial score (nSPS) is 14.1. The number of esters is 4. The predicted octanol–water partition coefficient (Wildman–Crippen LogP) is 25.5. The van der Waals surface area contributed by atoms with E-state index < -0.39 is 97.5 Å². The van der Waals surface area contributed by atoms with Crippen LogP contribution >= 0.6 is 15.6 Å². The van der Waals surface area contributed by atoms with Gasteiger partial charge in [-0.25, -0.2) is 9.13 Å². The van der Waals surface area contributed by atoms with E-state index in [-0.39, 0.29) is 25.7 Å². The van der Waals surface area contributed by atoms with Crippen molar-refractivity contribution >= 4 is 39.5 Å². The number of hydrogen-bond donors (Lipinski definition) is 3. The summed E-state index contributed by atoms with van der Waals surface area (Å²) in [7, 11) is -9.92. The van der Waals surface area contributed by atoms with Crippen molar-refractivity contribution < 1.29 is 80.2 Å². The Labute approximate surface area is 632 Å². The highest BCUT2D eigenvalue weighted by atomic mass is 31.2. The Hall–Kier alpha value is -1.94. The number of phosphoric ester groups is 2. The molecule has 6 atom stereocenters. The number of rotatable bonds is 83. The van der Waals surface area contributed by atoms with E-state index in [2.05, 4.69) is 41.5 Å². The van der Waals surface area contributed by atoms with Crippen molar-refractivity contribution in [2.45, 2.75) is 464 Å². The molecule has 0 rings (SSSR count). The molecular weight excluding hydrogens is 1340 g/mol. The highest BCUT2D eigenvalue weighted by Crippen LogP contribution is 2.45. The summed E-state index contributed by atoms with van der Waals surface area (Å²) < 4.78 is 68.8. The van der Waals surface area contributed by atoms with Gasteiger partial charge in [-0.3, -0.25) is 37.3 Å². The fourth-order valence-electron chi connectivity index (χ4n) is 13.0. The smallest absolute Gasteiger partial charge is 0.462 e. The Bertz CT molecular complexity index is 1980. The van der Waals surface area contributed by atoms with E-state index in [0.29, 0.717) is 25.7 Å². The second-order valence-corrected chi connectivity index (χ2v) is 33.8. The number of aliphatic hydroxyl groups is 1. The first-order valence-corrected chi connectivity index (χ1v) is 46.5. The highest BCUT2D eigenvalue weighted by Gasteiger charge is 2.30. The SMILES string of the molecule is CCCCCCCCCCCCCCCCCCCCCCCC(=O)O[C@H](COC(=O)CCCCCCCCCCCCCCCCCCC(C)C)COP(=O)(O)OC[C@@H](O)COP(=O)(O)OC[C@@H](COC(=O)CCCCCCCCCCC)OC(=O)CCCCCCCCCCCCC(C)CC. The van der Waals surface area contributed by atoms with Gasteiger partial charge in [-0.05, 0) is 37.5 Å². The largest absolute Gasteiger partial charge is 0.472 e. The molecule has 17 nitrogen and oxygen atoms in total. The summed E-state index contributed by atoms with van der Waals surface area (Å²) >= 11 is 0. The molecule has 0 spiro atoms. The molecule has 0 aliphatic carbocycles. The molecule has 0 aliphatic heterocycles. The van der Waals surface area contributed by atoms with Crippen LogP contribution in [0.15, 0.2) is 0 Å². The van der Waals surface area contributed by atoms with Gasteiger partial charge in [0.2, 0.25) is 0 Å². The molecule has 0 fully saturated rings. The zero-order valence-corrected chi connectivity index (χ0v) is 69.4. The third-order valence-corrected chi connectivity index (χ3v) is 22.0. The first kappa shape index (κ1) is 101. The van der Waals surface area contributed by atoms with E-state index in [1.54, 1.807) is 0 Å². The number of hydrogen-bond acceptors (Lipinski definition) is 15. The van der Waals surface area contributed by atoms with Crippen LogP contribution < -0.4 is 0 Å². The van der Waals surface area contributed by atoms with E-state index in [0.717, 1.165) is 102 Å². The zero-order chi connectivity index (χ0) is 75.6. The minimum absolute atomic E-state index is 0.107. The van der Waals surface area contributed by atoms with Crippen molar-refractivity contribution in [2.24, 2.45) is 11.8 Å². The van der Waals surface area contributed by atoms with Crippen LogP contribution in [0.3, 0.4) is 0 Å². The van der Waals surface area contributed by atoms with Gasteiger partial charge in [0.05, 0.1) is 26.4 Å². The molecule has 0 saturated carbocycles. The van der Waals surface area contributed by atoms with Crippen LogP contribution in [0.2, 0.25) is 0 Å². The summed E-state index contributed by atoms with van der Waals surface area (Å²) in [6.07, 6.45) is 66.7. The van der Waals surface area contributed by atoms with Gasteiger partial charge in [0.1, 0.15) is 19.3 Å². The van der Waals surface area contributed by atoms with Gasteiger partial charge in [0.25, 0.3) is 0 Å². The molecule has 0 saturated heterocycles. The Kier molecular flexibility index (Phi) is 74.1. The van der Waals surface area contributed by atoms with Crippen molar-refractivity contribution in [3.63, 3.8) is 0 Å². The van der Waals surface area contributed by atoms with E-state index in [9.17, 15) is 43.2 Å². The van der Waals surface area contributed by atoms with Crippen LogP contribution in [-0.4, -0.2) is 96.7 Å². The van der Waals surface area contributed by atoms with Crippen LogP contribution in [0.4, 0.5) is 0 Å². The number of carbonyl (C=O) groups excluding carboxylic acids is 4. The first-order valence-electron chi connectivity index (χ1n) is 43.5. The molecule has 3 N–H and O–H groups in total. The minimum Gasteiger partial charge on any atom is -0.462 e. The molecule has 612 valence electrons. The van der Waals surface area contributed by atoms with Gasteiger partial charge in [-0.1, -0.05) is 395 Å². The van der Waals surface area contributed by atoms with Crippen molar-refractivity contribution in [1.82, 2.24) is 0 Å². The summed E-state index contributed by atoms with van der Waals surface area (Å²) in [5.74, 6) is -0.491. The van der Waals surface area contributed by atoms with E-state index in [4.69, 9.17) is 37.0 Å². The molecule has 19 heteroatoms. The van der Waals surface area contributed by atoms with Crippen LogP contribution in [0.25, 0.3) is 0 Å². The topological polar surface area (TPSA) is 237 Å². The van der Waals surface area contributed by atoms with E-state index in [1.165, 1.54) is 263 Å². The molecule has 0 aromatic rings. The van der Waals surface area contributed by atoms with E-state index >= 15 is 0 Å². The Morgan fingerprint density at radius 1 is 0.282 bits per heavy atom. The zero-order valence-electron chi connectivity index (χ0n) is 67.6. The number of unbranched alkanes of at least 4 members (excludes halogenated alkanes) is 52. The molecule has 0 heterocycles. The standard InChI is InChI=1S/C84H164O17P2/c1-7-10-12-14-16-18-19-20-21-22-23-24-25-26-31-34-37-44-50-56-62-68-83(88)100-80(73-95-82(87)67-61-55-49-43-36-33-30-28-27-29-32-35-41-46-52-58-64-76(4)5)75-99-103(92,93)97-71-78(85)70-96-102(90,91)98-74-79(72-94-81(86)66-60-54-48-40-17-15-13-11-8-2)101-84(89)69-63-57-51-45-39-38-42-47-53-59-65-77(6)9-3/h76-80,85H,7-75H2,1-6H3,(H,90,91)(H,92,93)/t77?,78-,79+,80+/m0/s1. The predicted molar refractivity (Wildman–Crippen MR) is 423 cm³/mol. The Balaban J connectivity index is 5.21. The molecule has 0 bridgehead atoms. The fourth-order valence-corrected chi connectivity index (χ4v) is 14.6. The summed E-state index contributed by atoms with van der Waals surface area (Å²) in [5.41, 5.74) is 0. The van der Waals surface area contributed by atoms with Crippen LogP contribution in [0.1, 0.15) is 446 Å². The number of ether oxygens (including phenoxy) is 4. The fraction of sp³-hybridized carbons (Fsp3) is 0.952. The first-order chi connectivity index (χ1) is 49.9. The lowest BCUT2D eigenvalue weighted by atomic mass is 9.99. The summed E-state index contributed by atoms with van der Waals surface area (Å²) in [6, 6.07) is 0. The van der Waals surface area contributed by atoms with E-state index in [1.807, 2.05) is 0 Å². The lowest BCUT2D eigenvalue weighted by molar-refractivity contribution is -0.161. The molecular formula is C84H164O17P2. The molecule has 0 radical (unpaired) electrons. The van der Waals surface area contributed by atoms with Gasteiger partial charge < -0.3 is 33.8 Å². The molecule has 0 amide bonds. The number of carbonyl (C=O) groups is 4. The van der Waals surface area contributed by atoms with Crippen molar-refractivity contribution in [2.75, 3.05) is 39.6 Å². The number of phosphoric acid groups is 2. The molecule has 0 aromatic carbocycles. The number of aliphatic hydroxyl groups excluding tert-OH is 1. The summed E-state index contributed by atoms with van der Waals surface area (Å²) in [4.78, 5) is 73.1. The lowest BCUT2D eigenvalue weighted by Crippen LogP contribution is -2.30. The van der Waals surface area contributed by atoms with Gasteiger partial charge in [-0.15, -0.1) is 0 Å². The van der Waals surface area contributed by atoms with Crippen molar-refractivity contribution in [3.05, 3.63) is 0 Å². The summed E-state index contributed by atoms with van der Waals surface area (Å²) in [6.45, 7) is 9.69. The summed E-state index contributed by atoms with van der Waals surface area (Å²) in [5, 5.41) is 10.7. The third-order valence-electron chi connectivity index (χ3n) is 20.1. The monoisotopic (exact) mass is 1510 g/mol. The van der Waals surface area contributed by atoms with Gasteiger partial charge >= 0.3 is 39.5 Å². The van der Waals surface area contributed by atoms with Crippen LogP contribution in [-0.2, 0) is 65.4 Å². The lowest BCUT2D eigenvalue weighted by Gasteiger charge is -2.21. The Morgan fingerprint density at radius 3 is 0.738 bits per heavy atom. The average molecular weight is 1510 g/mol. The highest BCUT2D eigenvalue weighted by molar-refractivity contribution is 7.47. The molecule has 103 heavy (non-hydrogen) atoms. The molecule has 3 unspecified atom stereocenters. The van der Waals surface area contributed by atoms with Gasteiger partial charge in [0.15, 0.2) is 12.2 Å². The third kappa shape index (κ3) is 76.6. The van der Waals surface area contributed by atoms with Crippen molar-refractivity contribution in [3.8, 4) is 0 Å². The Morgan fingerprint density at radius 2 is 0.495 bits per heavy atom. The van der Waals surface area contributed by atoms with Gasteiger partial charge in [0, 0.05) is 25.7 Å². The second-order valence-electron chi connectivity index (χ2n) is 30.9. The molecule has 0 aromatic heterocycles.